The van der Waals surface area contributed by atoms with Crippen LogP contribution in [0.15, 0.2) is 0 Å². The first kappa shape index (κ1) is 15.3. The fourth-order valence-corrected chi connectivity index (χ4v) is 3.27. The molecule has 2 aliphatic rings. The molecule has 0 spiro atoms. The molecule has 114 valence electrons. The number of carbonyl (C=O) groups is 2. The molecule has 5 heteroatoms. The highest BCUT2D eigenvalue weighted by Crippen LogP contribution is 2.27. The van der Waals surface area contributed by atoms with Gasteiger partial charge in [0.05, 0.1) is 12.0 Å². The molecule has 4 atom stereocenters. The lowest BCUT2D eigenvalue weighted by Gasteiger charge is -2.30. The van der Waals surface area contributed by atoms with Gasteiger partial charge in [-0.3, -0.25) is 9.59 Å². The van der Waals surface area contributed by atoms with E-state index < -0.39 is 18.0 Å². The Hall–Kier alpha value is -1.10. The largest absolute Gasteiger partial charge is 0.481 e. The van der Waals surface area contributed by atoms with E-state index in [4.69, 9.17) is 9.84 Å². The van der Waals surface area contributed by atoms with Crippen molar-refractivity contribution in [1.82, 2.24) is 4.90 Å². The SMILES string of the molecule is C[C@@H]1CCC[C@H](O[C@H](C)C(=O)N2CC[C@H](C(=O)O)C2)C1. The van der Waals surface area contributed by atoms with Gasteiger partial charge in [-0.15, -0.1) is 0 Å². The number of hydrogen-bond donors (Lipinski definition) is 1. The molecule has 1 amide bonds. The van der Waals surface area contributed by atoms with Crippen molar-refractivity contribution in [3.63, 3.8) is 0 Å². The summed E-state index contributed by atoms with van der Waals surface area (Å²) >= 11 is 0. The zero-order chi connectivity index (χ0) is 14.7. The van der Waals surface area contributed by atoms with Crippen molar-refractivity contribution in [2.45, 2.75) is 58.2 Å². The third-order valence-corrected chi connectivity index (χ3v) is 4.48. The van der Waals surface area contributed by atoms with Gasteiger partial charge in [-0.25, -0.2) is 0 Å². The first-order valence-corrected chi connectivity index (χ1v) is 7.64. The fraction of sp³-hybridized carbons (Fsp3) is 0.867. The van der Waals surface area contributed by atoms with Crippen molar-refractivity contribution in [2.75, 3.05) is 13.1 Å². The first-order valence-electron chi connectivity index (χ1n) is 7.64. The molecular weight excluding hydrogens is 258 g/mol. The number of hydrogen-bond acceptors (Lipinski definition) is 3. The van der Waals surface area contributed by atoms with Crippen LogP contribution in [0.1, 0.15) is 46.0 Å². The molecule has 1 aliphatic heterocycles. The lowest BCUT2D eigenvalue weighted by Crippen LogP contribution is -2.40. The Morgan fingerprint density at radius 3 is 2.65 bits per heavy atom. The van der Waals surface area contributed by atoms with Gasteiger partial charge in [0.1, 0.15) is 6.10 Å². The van der Waals surface area contributed by atoms with Crippen molar-refractivity contribution in [3.8, 4) is 0 Å². The molecule has 1 heterocycles. The van der Waals surface area contributed by atoms with Crippen LogP contribution in [0.25, 0.3) is 0 Å². The number of likely N-dealkylation sites (tertiary alicyclic amines) is 1. The summed E-state index contributed by atoms with van der Waals surface area (Å²) in [6.07, 6.45) is 4.73. The van der Waals surface area contributed by atoms with Crippen LogP contribution in [0.3, 0.4) is 0 Å². The third kappa shape index (κ3) is 3.72. The number of aliphatic carboxylic acids is 1. The highest BCUT2D eigenvalue weighted by Gasteiger charge is 2.34. The molecule has 1 aliphatic carbocycles. The number of carboxylic acids is 1. The Morgan fingerprint density at radius 1 is 1.30 bits per heavy atom. The quantitative estimate of drug-likeness (QED) is 0.855. The maximum absolute atomic E-state index is 12.3. The maximum atomic E-state index is 12.3. The smallest absolute Gasteiger partial charge is 0.308 e. The summed E-state index contributed by atoms with van der Waals surface area (Å²) in [5.41, 5.74) is 0. The predicted octanol–water partition coefficient (Wildman–Crippen LogP) is 1.90. The Morgan fingerprint density at radius 2 is 2.05 bits per heavy atom. The Kier molecular flexibility index (Phi) is 5.02. The Balaban J connectivity index is 1.81. The molecule has 0 bridgehead atoms. The molecule has 0 aromatic heterocycles. The molecule has 0 radical (unpaired) electrons. The van der Waals surface area contributed by atoms with E-state index in [1.165, 1.54) is 6.42 Å². The topological polar surface area (TPSA) is 66.8 Å². The van der Waals surface area contributed by atoms with Crippen LogP contribution in [-0.4, -0.2) is 47.2 Å². The zero-order valence-electron chi connectivity index (χ0n) is 12.4. The van der Waals surface area contributed by atoms with Gasteiger partial charge < -0.3 is 14.7 Å². The highest BCUT2D eigenvalue weighted by molar-refractivity contribution is 5.82. The first-order chi connectivity index (χ1) is 9.47. The fourth-order valence-electron chi connectivity index (χ4n) is 3.27. The average molecular weight is 283 g/mol. The minimum atomic E-state index is -0.810. The van der Waals surface area contributed by atoms with Crippen molar-refractivity contribution < 1.29 is 19.4 Å². The van der Waals surface area contributed by atoms with Crippen molar-refractivity contribution in [2.24, 2.45) is 11.8 Å². The van der Waals surface area contributed by atoms with Crippen LogP contribution in [0, 0.1) is 11.8 Å². The maximum Gasteiger partial charge on any atom is 0.308 e. The molecule has 2 fully saturated rings. The van der Waals surface area contributed by atoms with Crippen LogP contribution >= 0.6 is 0 Å². The van der Waals surface area contributed by atoms with Gasteiger partial charge >= 0.3 is 5.97 Å². The number of carboxylic acid groups (broad SMARTS) is 1. The summed E-state index contributed by atoms with van der Waals surface area (Å²) in [5.74, 6) is -0.623. The molecule has 5 nitrogen and oxygen atoms in total. The van der Waals surface area contributed by atoms with Gasteiger partial charge in [0.15, 0.2) is 0 Å². The van der Waals surface area contributed by atoms with Crippen LogP contribution < -0.4 is 0 Å². The van der Waals surface area contributed by atoms with Crippen LogP contribution in [0.5, 0.6) is 0 Å². The number of nitrogens with zero attached hydrogens (tertiary/aromatic N) is 1. The van der Waals surface area contributed by atoms with Gasteiger partial charge in [-0.1, -0.05) is 19.8 Å². The molecule has 0 aromatic rings. The lowest BCUT2D eigenvalue weighted by atomic mass is 9.88. The van der Waals surface area contributed by atoms with Gasteiger partial charge in [-0.2, -0.15) is 0 Å². The average Bonchev–Trinajstić information content (AvgIpc) is 2.87. The van der Waals surface area contributed by atoms with Crippen molar-refractivity contribution >= 4 is 11.9 Å². The number of amides is 1. The molecule has 0 unspecified atom stereocenters. The summed E-state index contributed by atoms with van der Waals surface area (Å²) in [5, 5.41) is 8.97. The third-order valence-electron chi connectivity index (χ3n) is 4.48. The summed E-state index contributed by atoms with van der Waals surface area (Å²) in [7, 11) is 0. The molecular formula is C15H25NO4. The van der Waals surface area contributed by atoms with E-state index in [1.54, 1.807) is 11.8 Å². The van der Waals surface area contributed by atoms with Crippen molar-refractivity contribution in [3.05, 3.63) is 0 Å². The second kappa shape index (κ2) is 6.57. The van der Waals surface area contributed by atoms with E-state index in [2.05, 4.69) is 6.92 Å². The van der Waals surface area contributed by atoms with Gasteiger partial charge in [0.25, 0.3) is 5.91 Å². The number of carbonyl (C=O) groups excluding carboxylic acids is 1. The molecule has 1 saturated heterocycles. The predicted molar refractivity (Wildman–Crippen MR) is 74.3 cm³/mol. The summed E-state index contributed by atoms with van der Waals surface area (Å²) < 4.78 is 5.89. The summed E-state index contributed by atoms with van der Waals surface area (Å²) in [6, 6.07) is 0. The summed E-state index contributed by atoms with van der Waals surface area (Å²) in [4.78, 5) is 24.8. The van der Waals surface area contributed by atoms with Crippen LogP contribution in [0.2, 0.25) is 0 Å². The van der Waals surface area contributed by atoms with E-state index in [0.717, 1.165) is 19.3 Å². The molecule has 2 rings (SSSR count). The van der Waals surface area contributed by atoms with E-state index in [-0.39, 0.29) is 12.0 Å². The van der Waals surface area contributed by atoms with Gasteiger partial charge in [0.2, 0.25) is 0 Å². The van der Waals surface area contributed by atoms with Gasteiger partial charge in [-0.05, 0) is 32.1 Å². The minimum absolute atomic E-state index is 0.0630. The van der Waals surface area contributed by atoms with Gasteiger partial charge in [0, 0.05) is 13.1 Å². The lowest BCUT2D eigenvalue weighted by molar-refractivity contribution is -0.147. The number of rotatable bonds is 4. The molecule has 1 N–H and O–H groups in total. The molecule has 20 heavy (non-hydrogen) atoms. The second-order valence-corrected chi connectivity index (χ2v) is 6.28. The van der Waals surface area contributed by atoms with Crippen LogP contribution in [-0.2, 0) is 14.3 Å². The zero-order valence-corrected chi connectivity index (χ0v) is 12.4. The van der Waals surface area contributed by atoms with E-state index in [9.17, 15) is 9.59 Å². The van der Waals surface area contributed by atoms with E-state index >= 15 is 0 Å². The monoisotopic (exact) mass is 283 g/mol. The summed E-state index contributed by atoms with van der Waals surface area (Å²) in [6.45, 7) is 4.86. The van der Waals surface area contributed by atoms with E-state index in [0.29, 0.717) is 25.4 Å². The van der Waals surface area contributed by atoms with Crippen molar-refractivity contribution in [1.29, 1.82) is 0 Å². The Labute approximate surface area is 120 Å². The minimum Gasteiger partial charge on any atom is -0.481 e. The molecule has 0 aromatic carbocycles. The normalized spacial score (nSPS) is 32.1. The second-order valence-electron chi connectivity index (χ2n) is 6.28. The van der Waals surface area contributed by atoms with E-state index in [1.807, 2.05) is 0 Å². The Bertz CT molecular complexity index is 371. The standard InChI is InChI=1S/C15H25NO4/c1-10-4-3-5-13(8-10)20-11(2)14(17)16-7-6-12(9-16)15(18)19/h10-13H,3-9H2,1-2H3,(H,18,19)/t10-,11-,12+,13+/m1/s1. The molecule has 1 saturated carbocycles. The number of ether oxygens (including phenoxy) is 1. The highest BCUT2D eigenvalue weighted by atomic mass is 16.5. The van der Waals surface area contributed by atoms with Crippen LogP contribution in [0.4, 0.5) is 0 Å².